The summed E-state index contributed by atoms with van der Waals surface area (Å²) in [6, 6.07) is 8.32. The lowest BCUT2D eigenvalue weighted by molar-refractivity contribution is 0.191. The molecular weight excluding hydrogens is 240 g/mol. The smallest absolute Gasteiger partial charge is 0.0761 e. The van der Waals surface area contributed by atoms with Gasteiger partial charge in [0.15, 0.2) is 0 Å². The van der Waals surface area contributed by atoms with Crippen LogP contribution >= 0.6 is 0 Å². The maximum Gasteiger partial charge on any atom is 0.0761 e. The molecule has 1 heterocycles. The van der Waals surface area contributed by atoms with Gasteiger partial charge in [0, 0.05) is 24.8 Å². The second-order valence-corrected chi connectivity index (χ2v) is 5.73. The molecule has 0 bridgehead atoms. The van der Waals surface area contributed by atoms with Crippen molar-refractivity contribution in [1.82, 2.24) is 4.90 Å². The van der Waals surface area contributed by atoms with Gasteiger partial charge in [0.25, 0.3) is 0 Å². The highest BCUT2D eigenvalue weighted by atomic mass is 16.3. The van der Waals surface area contributed by atoms with Crippen LogP contribution in [0.5, 0.6) is 0 Å². The normalized spacial score (nSPS) is 25.1. The van der Waals surface area contributed by atoms with Crippen molar-refractivity contribution < 1.29 is 10.2 Å². The fourth-order valence-corrected chi connectivity index (χ4v) is 2.75. The van der Waals surface area contributed by atoms with Crippen molar-refractivity contribution >= 4 is 5.69 Å². The first-order chi connectivity index (χ1) is 8.97. The number of aliphatic hydroxyl groups excluding tert-OH is 2. The fraction of sp³-hybridized carbons (Fsp3) is 0.600. The van der Waals surface area contributed by atoms with E-state index in [0.717, 1.165) is 24.2 Å². The number of rotatable bonds is 4. The van der Waals surface area contributed by atoms with E-state index in [2.05, 4.69) is 23.9 Å². The van der Waals surface area contributed by atoms with Crippen molar-refractivity contribution in [2.75, 3.05) is 32.1 Å². The lowest BCUT2D eigenvalue weighted by atomic mass is 10.1. The molecule has 4 nitrogen and oxygen atoms in total. The third-order valence-electron chi connectivity index (χ3n) is 3.68. The first-order valence-electron chi connectivity index (χ1n) is 6.85. The standard InChI is InChI=1S/C15H24N2O2/c1-11(18)12-4-6-13(7-5-12)17-10-15(19)8-14(17)9-16(2)3/h4-7,11,14-15,18-19H,8-10H2,1-3H3/t11-,14?,15?/m0/s1. The molecule has 1 aliphatic rings. The van der Waals surface area contributed by atoms with Gasteiger partial charge in [-0.1, -0.05) is 12.1 Å². The summed E-state index contributed by atoms with van der Waals surface area (Å²) in [5.74, 6) is 0. The van der Waals surface area contributed by atoms with Gasteiger partial charge >= 0.3 is 0 Å². The summed E-state index contributed by atoms with van der Waals surface area (Å²) in [4.78, 5) is 4.41. The van der Waals surface area contributed by atoms with E-state index in [-0.39, 0.29) is 6.10 Å². The van der Waals surface area contributed by atoms with Crippen molar-refractivity contribution in [3.63, 3.8) is 0 Å². The van der Waals surface area contributed by atoms with Gasteiger partial charge in [-0.3, -0.25) is 0 Å². The molecule has 0 amide bonds. The predicted molar refractivity (Wildman–Crippen MR) is 77.4 cm³/mol. The summed E-state index contributed by atoms with van der Waals surface area (Å²) in [6.45, 7) is 3.39. The fourth-order valence-electron chi connectivity index (χ4n) is 2.75. The van der Waals surface area contributed by atoms with Gasteiger partial charge in [0.2, 0.25) is 0 Å². The van der Waals surface area contributed by atoms with Crippen LogP contribution in [0, 0.1) is 0 Å². The van der Waals surface area contributed by atoms with Gasteiger partial charge in [0.05, 0.1) is 12.2 Å². The lowest BCUT2D eigenvalue weighted by Crippen LogP contribution is -2.37. The second-order valence-electron chi connectivity index (χ2n) is 5.73. The molecule has 1 aromatic rings. The molecule has 0 aliphatic carbocycles. The van der Waals surface area contributed by atoms with E-state index >= 15 is 0 Å². The molecule has 0 radical (unpaired) electrons. The number of anilines is 1. The van der Waals surface area contributed by atoms with Crippen LogP contribution in [0.3, 0.4) is 0 Å². The SMILES string of the molecule is C[C@H](O)c1ccc(N2CC(O)CC2CN(C)C)cc1. The highest BCUT2D eigenvalue weighted by Gasteiger charge is 2.31. The minimum absolute atomic E-state index is 0.249. The van der Waals surface area contributed by atoms with Crippen molar-refractivity contribution in [2.24, 2.45) is 0 Å². The summed E-state index contributed by atoms with van der Waals surface area (Å²) >= 11 is 0. The Labute approximate surface area is 115 Å². The van der Waals surface area contributed by atoms with Crippen molar-refractivity contribution in [3.8, 4) is 0 Å². The molecule has 2 N–H and O–H groups in total. The Balaban J connectivity index is 2.14. The number of hydrogen-bond donors (Lipinski definition) is 2. The molecule has 3 atom stereocenters. The Kier molecular flexibility index (Phi) is 4.45. The van der Waals surface area contributed by atoms with Gasteiger partial charge in [-0.05, 0) is 45.1 Å². The summed E-state index contributed by atoms with van der Waals surface area (Å²) in [6.07, 6.45) is 0.133. The Morgan fingerprint density at radius 2 is 1.95 bits per heavy atom. The van der Waals surface area contributed by atoms with Crippen LogP contribution in [0.2, 0.25) is 0 Å². The van der Waals surface area contributed by atoms with E-state index in [1.807, 2.05) is 24.3 Å². The van der Waals surface area contributed by atoms with Crippen LogP contribution in [0.4, 0.5) is 5.69 Å². The molecule has 4 heteroatoms. The largest absolute Gasteiger partial charge is 0.391 e. The number of aliphatic hydroxyl groups is 2. The van der Waals surface area contributed by atoms with E-state index in [4.69, 9.17) is 0 Å². The quantitative estimate of drug-likeness (QED) is 0.859. The van der Waals surface area contributed by atoms with Gasteiger partial charge < -0.3 is 20.0 Å². The molecule has 0 saturated carbocycles. The number of nitrogens with zero attached hydrogens (tertiary/aromatic N) is 2. The number of benzene rings is 1. The zero-order valence-electron chi connectivity index (χ0n) is 12.0. The molecule has 1 fully saturated rings. The molecule has 2 rings (SSSR count). The van der Waals surface area contributed by atoms with E-state index in [1.54, 1.807) is 6.92 Å². The molecule has 1 saturated heterocycles. The number of likely N-dealkylation sites (N-methyl/N-ethyl adjacent to an activating group) is 1. The summed E-state index contributed by atoms with van der Waals surface area (Å²) < 4.78 is 0. The van der Waals surface area contributed by atoms with Crippen LogP contribution in [0.25, 0.3) is 0 Å². The Bertz CT molecular complexity index is 403. The molecule has 1 aromatic carbocycles. The summed E-state index contributed by atoms with van der Waals surface area (Å²) in [7, 11) is 4.11. The first-order valence-corrected chi connectivity index (χ1v) is 6.85. The molecule has 2 unspecified atom stereocenters. The minimum Gasteiger partial charge on any atom is -0.391 e. The topological polar surface area (TPSA) is 46.9 Å². The highest BCUT2D eigenvalue weighted by molar-refractivity contribution is 5.50. The molecule has 19 heavy (non-hydrogen) atoms. The van der Waals surface area contributed by atoms with Gasteiger partial charge in [-0.15, -0.1) is 0 Å². The van der Waals surface area contributed by atoms with E-state index in [1.165, 1.54) is 0 Å². The lowest BCUT2D eigenvalue weighted by Gasteiger charge is -2.29. The van der Waals surface area contributed by atoms with Crippen LogP contribution in [0.1, 0.15) is 25.0 Å². The number of hydrogen-bond acceptors (Lipinski definition) is 4. The predicted octanol–water partition coefficient (Wildman–Crippen LogP) is 1.24. The molecule has 0 aromatic heterocycles. The number of β-amino-alcohol motifs (C(OH)–C–C–N with tert-alkyl or cyclic N) is 1. The average Bonchev–Trinajstić information content (AvgIpc) is 2.69. The Morgan fingerprint density at radius 3 is 2.47 bits per heavy atom. The van der Waals surface area contributed by atoms with E-state index in [9.17, 15) is 10.2 Å². The molecule has 0 spiro atoms. The summed E-state index contributed by atoms with van der Waals surface area (Å²) in [5.41, 5.74) is 2.04. The maximum absolute atomic E-state index is 9.89. The third kappa shape index (κ3) is 3.47. The van der Waals surface area contributed by atoms with Gasteiger partial charge in [-0.2, -0.15) is 0 Å². The zero-order chi connectivity index (χ0) is 14.0. The van der Waals surface area contributed by atoms with Crippen LogP contribution in [-0.4, -0.2) is 54.4 Å². The highest BCUT2D eigenvalue weighted by Crippen LogP contribution is 2.27. The molecular formula is C15H24N2O2. The van der Waals surface area contributed by atoms with Crippen LogP contribution < -0.4 is 4.90 Å². The Morgan fingerprint density at radius 1 is 1.32 bits per heavy atom. The minimum atomic E-state index is -0.434. The maximum atomic E-state index is 9.89. The van der Waals surface area contributed by atoms with E-state index < -0.39 is 6.10 Å². The van der Waals surface area contributed by atoms with Gasteiger partial charge in [-0.25, -0.2) is 0 Å². The van der Waals surface area contributed by atoms with Crippen molar-refractivity contribution in [3.05, 3.63) is 29.8 Å². The van der Waals surface area contributed by atoms with Crippen molar-refractivity contribution in [1.29, 1.82) is 0 Å². The third-order valence-corrected chi connectivity index (χ3v) is 3.68. The van der Waals surface area contributed by atoms with Crippen molar-refractivity contribution in [2.45, 2.75) is 31.6 Å². The molecule has 1 aliphatic heterocycles. The van der Waals surface area contributed by atoms with E-state index in [0.29, 0.717) is 12.6 Å². The van der Waals surface area contributed by atoms with Crippen LogP contribution in [-0.2, 0) is 0 Å². The van der Waals surface area contributed by atoms with Crippen LogP contribution in [0.15, 0.2) is 24.3 Å². The average molecular weight is 264 g/mol. The van der Waals surface area contributed by atoms with Gasteiger partial charge in [0.1, 0.15) is 0 Å². The first kappa shape index (κ1) is 14.3. The Hall–Kier alpha value is -1.10. The molecule has 106 valence electrons. The second kappa shape index (κ2) is 5.90. The monoisotopic (exact) mass is 264 g/mol. The summed E-state index contributed by atoms with van der Waals surface area (Å²) in [5, 5.41) is 19.4. The zero-order valence-corrected chi connectivity index (χ0v) is 12.0.